The Kier molecular flexibility index (Phi) is 5.17. The average Bonchev–Trinajstić information content (AvgIpc) is 2.51. The summed E-state index contributed by atoms with van der Waals surface area (Å²) in [5, 5.41) is 3.15. The van der Waals surface area contributed by atoms with Gasteiger partial charge < -0.3 is 14.8 Å². The Morgan fingerprint density at radius 1 is 1.14 bits per heavy atom. The highest BCUT2D eigenvalue weighted by molar-refractivity contribution is 5.43. The summed E-state index contributed by atoms with van der Waals surface area (Å²) in [7, 11) is 3.32. The Morgan fingerprint density at radius 3 is 2.52 bits per heavy atom. The maximum absolute atomic E-state index is 14.3. The molecule has 0 heterocycles. The molecular formula is C17H20FNO2. The number of hydrogen-bond acceptors (Lipinski definition) is 3. The van der Waals surface area contributed by atoms with Gasteiger partial charge in [0.05, 0.1) is 19.8 Å². The Labute approximate surface area is 124 Å². The monoisotopic (exact) mass is 289 g/mol. The molecule has 1 N–H and O–H groups in total. The number of rotatable bonds is 6. The minimum absolute atomic E-state index is 0.279. The van der Waals surface area contributed by atoms with E-state index in [1.54, 1.807) is 19.2 Å². The smallest absolute Gasteiger partial charge is 0.132 e. The zero-order valence-corrected chi connectivity index (χ0v) is 12.5. The van der Waals surface area contributed by atoms with Gasteiger partial charge in [-0.3, -0.25) is 0 Å². The van der Waals surface area contributed by atoms with Crippen LogP contribution in [0.3, 0.4) is 0 Å². The lowest BCUT2D eigenvalue weighted by Gasteiger charge is -2.21. The van der Waals surface area contributed by atoms with Crippen molar-refractivity contribution in [1.29, 1.82) is 0 Å². The maximum Gasteiger partial charge on any atom is 0.132 e. The van der Waals surface area contributed by atoms with E-state index in [1.807, 2.05) is 31.2 Å². The van der Waals surface area contributed by atoms with E-state index in [0.29, 0.717) is 17.9 Å². The lowest BCUT2D eigenvalue weighted by atomic mass is 9.97. The molecule has 2 aromatic carbocycles. The molecule has 0 radical (unpaired) electrons. The normalized spacial score (nSPS) is 12.0. The van der Waals surface area contributed by atoms with E-state index in [9.17, 15) is 4.39 Å². The predicted octanol–water partition coefficient (Wildman–Crippen LogP) is 3.54. The van der Waals surface area contributed by atoms with Crippen molar-refractivity contribution in [2.45, 2.75) is 13.0 Å². The fourth-order valence-corrected chi connectivity index (χ4v) is 2.35. The fourth-order valence-electron chi connectivity index (χ4n) is 2.35. The molecule has 4 heteroatoms. The predicted molar refractivity (Wildman–Crippen MR) is 81.5 cm³/mol. The molecule has 3 nitrogen and oxygen atoms in total. The van der Waals surface area contributed by atoms with Crippen molar-refractivity contribution < 1.29 is 13.9 Å². The molecule has 1 atom stereocenters. The molecule has 0 amide bonds. The van der Waals surface area contributed by atoms with E-state index in [1.165, 1.54) is 13.2 Å². The number of benzene rings is 2. The summed E-state index contributed by atoms with van der Waals surface area (Å²) in [5.74, 6) is 0.957. The second kappa shape index (κ2) is 7.09. The van der Waals surface area contributed by atoms with Gasteiger partial charge in [0.2, 0.25) is 0 Å². The molecule has 0 aromatic heterocycles. The van der Waals surface area contributed by atoms with Crippen LogP contribution in [0, 0.1) is 5.82 Å². The molecule has 0 saturated heterocycles. The number of halogens is 1. The van der Waals surface area contributed by atoms with Crippen LogP contribution in [0.1, 0.15) is 24.1 Å². The van der Waals surface area contributed by atoms with Gasteiger partial charge in [0, 0.05) is 17.2 Å². The summed E-state index contributed by atoms with van der Waals surface area (Å²) in [6.45, 7) is 2.50. The zero-order valence-electron chi connectivity index (χ0n) is 12.5. The van der Waals surface area contributed by atoms with E-state index in [2.05, 4.69) is 5.32 Å². The number of hydrogen-bond donors (Lipinski definition) is 1. The molecule has 21 heavy (non-hydrogen) atoms. The first-order chi connectivity index (χ1) is 10.2. The molecular weight excluding hydrogens is 269 g/mol. The van der Waals surface area contributed by atoms with Crippen molar-refractivity contribution in [1.82, 2.24) is 5.32 Å². The van der Waals surface area contributed by atoms with Crippen LogP contribution in [-0.2, 0) is 0 Å². The quantitative estimate of drug-likeness (QED) is 0.882. The average molecular weight is 289 g/mol. The van der Waals surface area contributed by atoms with Crippen molar-refractivity contribution in [2.75, 3.05) is 20.8 Å². The van der Waals surface area contributed by atoms with E-state index >= 15 is 0 Å². The van der Waals surface area contributed by atoms with Crippen molar-refractivity contribution in [3.8, 4) is 11.5 Å². The Balaban J connectivity index is 2.44. The lowest BCUT2D eigenvalue weighted by Crippen LogP contribution is -2.20. The van der Waals surface area contributed by atoms with Crippen LogP contribution in [0.4, 0.5) is 4.39 Å². The molecule has 0 spiro atoms. The summed E-state index contributed by atoms with van der Waals surface area (Å²) in [6, 6.07) is 12.3. The van der Waals surface area contributed by atoms with Crippen molar-refractivity contribution in [2.24, 2.45) is 0 Å². The summed E-state index contributed by atoms with van der Waals surface area (Å²) in [4.78, 5) is 0. The Morgan fingerprint density at radius 2 is 1.90 bits per heavy atom. The summed E-state index contributed by atoms with van der Waals surface area (Å²) >= 11 is 0. The highest BCUT2D eigenvalue weighted by Crippen LogP contribution is 2.32. The lowest BCUT2D eigenvalue weighted by molar-refractivity contribution is 0.333. The van der Waals surface area contributed by atoms with Gasteiger partial charge in [-0.05, 0) is 26.1 Å². The molecule has 0 bridgehead atoms. The van der Waals surface area contributed by atoms with Crippen LogP contribution < -0.4 is 14.8 Å². The molecule has 0 saturated carbocycles. The molecule has 2 aromatic rings. The summed E-state index contributed by atoms with van der Waals surface area (Å²) < 4.78 is 25.0. The van der Waals surface area contributed by atoms with E-state index < -0.39 is 0 Å². The number of para-hydroxylation sites is 1. The van der Waals surface area contributed by atoms with E-state index in [4.69, 9.17) is 9.47 Å². The van der Waals surface area contributed by atoms with E-state index in [0.717, 1.165) is 11.3 Å². The standard InChI is InChI=1S/C17H20FNO2/c1-4-21-16-8-6-5-7-14(16)17(19-2)13-10-9-12(20-3)11-15(13)18/h5-11,17,19H,4H2,1-3H3. The second-order valence-electron chi connectivity index (χ2n) is 4.58. The van der Waals surface area contributed by atoms with E-state index in [-0.39, 0.29) is 11.9 Å². The van der Waals surface area contributed by atoms with Crippen LogP contribution in [0.15, 0.2) is 42.5 Å². The molecule has 112 valence electrons. The third-order valence-corrected chi connectivity index (χ3v) is 3.34. The van der Waals surface area contributed by atoms with Crippen molar-refractivity contribution in [3.63, 3.8) is 0 Å². The van der Waals surface area contributed by atoms with Crippen LogP contribution in [-0.4, -0.2) is 20.8 Å². The molecule has 0 aliphatic carbocycles. The van der Waals surface area contributed by atoms with Gasteiger partial charge in [-0.2, -0.15) is 0 Å². The number of nitrogens with one attached hydrogen (secondary N) is 1. The molecule has 0 aliphatic heterocycles. The number of ether oxygens (including phenoxy) is 2. The Hall–Kier alpha value is -2.07. The number of methoxy groups -OCH3 is 1. The third-order valence-electron chi connectivity index (χ3n) is 3.34. The molecule has 2 rings (SSSR count). The van der Waals surface area contributed by atoms with Gasteiger partial charge in [0.25, 0.3) is 0 Å². The first kappa shape index (κ1) is 15.3. The van der Waals surface area contributed by atoms with Crippen LogP contribution in [0.25, 0.3) is 0 Å². The van der Waals surface area contributed by atoms with Gasteiger partial charge >= 0.3 is 0 Å². The highest BCUT2D eigenvalue weighted by Gasteiger charge is 2.20. The second-order valence-corrected chi connectivity index (χ2v) is 4.58. The fraction of sp³-hybridized carbons (Fsp3) is 0.294. The molecule has 1 unspecified atom stereocenters. The Bertz CT molecular complexity index is 601. The minimum atomic E-state index is -0.306. The van der Waals surface area contributed by atoms with Crippen LogP contribution in [0.5, 0.6) is 11.5 Å². The third kappa shape index (κ3) is 3.34. The summed E-state index contributed by atoms with van der Waals surface area (Å²) in [5.41, 5.74) is 1.47. The van der Waals surface area contributed by atoms with Gasteiger partial charge in [-0.1, -0.05) is 24.3 Å². The topological polar surface area (TPSA) is 30.5 Å². The highest BCUT2D eigenvalue weighted by atomic mass is 19.1. The van der Waals surface area contributed by atoms with Crippen LogP contribution in [0.2, 0.25) is 0 Å². The van der Waals surface area contributed by atoms with Crippen molar-refractivity contribution in [3.05, 3.63) is 59.4 Å². The first-order valence-electron chi connectivity index (χ1n) is 6.93. The molecule has 0 fully saturated rings. The largest absolute Gasteiger partial charge is 0.497 e. The zero-order chi connectivity index (χ0) is 15.2. The molecule has 0 aliphatic rings. The minimum Gasteiger partial charge on any atom is -0.497 e. The van der Waals surface area contributed by atoms with Crippen molar-refractivity contribution >= 4 is 0 Å². The van der Waals surface area contributed by atoms with Gasteiger partial charge in [0.1, 0.15) is 17.3 Å². The summed E-state index contributed by atoms with van der Waals surface area (Å²) in [6.07, 6.45) is 0. The van der Waals surface area contributed by atoms with Gasteiger partial charge in [-0.25, -0.2) is 4.39 Å². The van der Waals surface area contributed by atoms with Gasteiger partial charge in [-0.15, -0.1) is 0 Å². The van der Waals surface area contributed by atoms with Crippen LogP contribution >= 0.6 is 0 Å². The SMILES string of the molecule is CCOc1ccccc1C(NC)c1ccc(OC)cc1F. The van der Waals surface area contributed by atoms with Gasteiger partial charge in [0.15, 0.2) is 0 Å². The first-order valence-corrected chi connectivity index (χ1v) is 6.93. The maximum atomic E-state index is 14.3.